The van der Waals surface area contributed by atoms with Gasteiger partial charge in [0.05, 0.1) is 5.69 Å². The quantitative estimate of drug-likeness (QED) is 0.864. The maximum absolute atomic E-state index is 4.89. The standard InChI is InChI=1S/C20H28N4/c1-15-3-2-8-23-13-18(21-20(15)23)12-22-9-17-6-7-19(14-22)24(11-17)10-16-4-5-16/h2-3,8,13,16-17,19H,4-7,9-12,14H2,1H3/t17-,19+/m1/s1. The van der Waals surface area contributed by atoms with E-state index in [1.165, 1.54) is 63.1 Å². The lowest BCUT2D eigenvalue weighted by molar-refractivity contribution is 0.125. The highest BCUT2D eigenvalue weighted by atomic mass is 15.3. The van der Waals surface area contributed by atoms with Gasteiger partial charge in [0.1, 0.15) is 5.65 Å². The molecule has 0 unspecified atom stereocenters. The van der Waals surface area contributed by atoms with Gasteiger partial charge in [-0.25, -0.2) is 4.98 Å². The molecule has 1 aliphatic carbocycles. The summed E-state index contributed by atoms with van der Waals surface area (Å²) in [6, 6.07) is 5.03. The first-order valence-electron chi connectivity index (χ1n) is 9.64. The number of aromatic nitrogens is 2. The Balaban J connectivity index is 1.32. The van der Waals surface area contributed by atoms with Crippen molar-refractivity contribution in [2.24, 2.45) is 11.8 Å². The number of imidazole rings is 1. The van der Waals surface area contributed by atoms with E-state index >= 15 is 0 Å². The predicted molar refractivity (Wildman–Crippen MR) is 96.0 cm³/mol. The summed E-state index contributed by atoms with van der Waals surface area (Å²) in [7, 11) is 0. The molecule has 2 bridgehead atoms. The molecule has 1 saturated carbocycles. The molecule has 2 aromatic heterocycles. The molecule has 4 aliphatic rings. The molecule has 0 aromatic carbocycles. The molecule has 6 rings (SSSR count). The Hall–Kier alpha value is -1.39. The van der Waals surface area contributed by atoms with E-state index in [2.05, 4.69) is 45.7 Å². The molecule has 0 spiro atoms. The van der Waals surface area contributed by atoms with Crippen LogP contribution in [-0.2, 0) is 6.54 Å². The zero-order valence-electron chi connectivity index (χ0n) is 14.7. The molecule has 4 nitrogen and oxygen atoms in total. The molecule has 4 heteroatoms. The summed E-state index contributed by atoms with van der Waals surface area (Å²) in [5, 5.41) is 0. The largest absolute Gasteiger partial charge is 0.307 e. The molecule has 2 aromatic rings. The summed E-state index contributed by atoms with van der Waals surface area (Å²) in [6.45, 7) is 8.34. The topological polar surface area (TPSA) is 23.8 Å². The molecule has 0 radical (unpaired) electrons. The van der Waals surface area contributed by atoms with E-state index in [9.17, 15) is 0 Å². The van der Waals surface area contributed by atoms with Gasteiger partial charge in [-0.2, -0.15) is 0 Å². The Labute approximate surface area is 144 Å². The number of fused-ring (bicyclic) bond motifs is 5. The van der Waals surface area contributed by atoms with E-state index in [4.69, 9.17) is 4.98 Å². The van der Waals surface area contributed by atoms with Crippen molar-refractivity contribution in [3.05, 3.63) is 35.8 Å². The van der Waals surface area contributed by atoms with Crippen LogP contribution in [0.1, 0.15) is 36.9 Å². The second-order valence-electron chi connectivity index (χ2n) is 8.34. The summed E-state index contributed by atoms with van der Waals surface area (Å²) >= 11 is 0. The van der Waals surface area contributed by atoms with E-state index in [1.54, 1.807) is 0 Å². The smallest absolute Gasteiger partial charge is 0.139 e. The molecule has 128 valence electrons. The second-order valence-corrected chi connectivity index (χ2v) is 8.34. The normalized spacial score (nSPS) is 28.5. The number of rotatable bonds is 4. The van der Waals surface area contributed by atoms with Crippen LogP contribution in [0.15, 0.2) is 24.5 Å². The Bertz CT molecular complexity index is 732. The lowest BCUT2D eigenvalue weighted by Crippen LogP contribution is -2.44. The highest BCUT2D eigenvalue weighted by Gasteiger charge is 2.37. The molecule has 0 N–H and O–H groups in total. The van der Waals surface area contributed by atoms with Gasteiger partial charge in [0.15, 0.2) is 0 Å². The molecular weight excluding hydrogens is 296 g/mol. The summed E-state index contributed by atoms with van der Waals surface area (Å²) in [5.74, 6) is 1.88. The number of hydrogen-bond donors (Lipinski definition) is 0. The van der Waals surface area contributed by atoms with E-state index in [-0.39, 0.29) is 0 Å². The van der Waals surface area contributed by atoms with Crippen LogP contribution in [0.4, 0.5) is 0 Å². The molecule has 4 fully saturated rings. The SMILES string of the molecule is Cc1cccn2cc(CN3C[C@H]4CC[C@@H](C3)N(CC3CC3)C4)nc12. The van der Waals surface area contributed by atoms with Crippen LogP contribution < -0.4 is 0 Å². The van der Waals surface area contributed by atoms with Crippen LogP contribution in [0.2, 0.25) is 0 Å². The Kier molecular flexibility index (Phi) is 3.64. The number of hydrogen-bond acceptors (Lipinski definition) is 3. The first-order chi connectivity index (χ1) is 11.7. The maximum atomic E-state index is 4.89. The molecule has 24 heavy (non-hydrogen) atoms. The number of pyridine rings is 1. The van der Waals surface area contributed by atoms with Gasteiger partial charge in [0.25, 0.3) is 0 Å². The molecule has 3 saturated heterocycles. The van der Waals surface area contributed by atoms with Gasteiger partial charge in [-0.05, 0) is 56.1 Å². The van der Waals surface area contributed by atoms with Gasteiger partial charge in [-0.3, -0.25) is 9.80 Å². The van der Waals surface area contributed by atoms with Gasteiger partial charge in [-0.15, -0.1) is 0 Å². The highest BCUT2D eigenvalue weighted by molar-refractivity contribution is 5.47. The third kappa shape index (κ3) is 2.86. The number of piperidine rings is 1. The van der Waals surface area contributed by atoms with Crippen molar-refractivity contribution in [2.75, 3.05) is 26.2 Å². The van der Waals surface area contributed by atoms with Crippen LogP contribution >= 0.6 is 0 Å². The van der Waals surface area contributed by atoms with Crippen molar-refractivity contribution in [2.45, 2.75) is 45.2 Å². The van der Waals surface area contributed by atoms with Gasteiger partial charge >= 0.3 is 0 Å². The van der Waals surface area contributed by atoms with E-state index < -0.39 is 0 Å². The summed E-state index contributed by atoms with van der Waals surface area (Å²) in [6.07, 6.45) is 10.1. The minimum absolute atomic E-state index is 0.781. The average molecular weight is 324 g/mol. The zero-order valence-corrected chi connectivity index (χ0v) is 14.7. The van der Waals surface area contributed by atoms with Crippen molar-refractivity contribution in [1.82, 2.24) is 19.2 Å². The molecule has 2 atom stereocenters. The molecule has 5 heterocycles. The second kappa shape index (κ2) is 5.85. The minimum Gasteiger partial charge on any atom is -0.307 e. The van der Waals surface area contributed by atoms with E-state index in [0.717, 1.165) is 30.1 Å². The van der Waals surface area contributed by atoms with Crippen LogP contribution in [0.25, 0.3) is 5.65 Å². The Morgan fingerprint density at radius 2 is 2.04 bits per heavy atom. The van der Waals surface area contributed by atoms with E-state index in [1.807, 2.05) is 0 Å². The van der Waals surface area contributed by atoms with Crippen LogP contribution in [0.3, 0.4) is 0 Å². The summed E-state index contributed by atoms with van der Waals surface area (Å²) in [5.41, 5.74) is 3.59. The van der Waals surface area contributed by atoms with Crippen molar-refractivity contribution < 1.29 is 0 Å². The predicted octanol–water partition coefficient (Wildman–Crippen LogP) is 2.95. The van der Waals surface area contributed by atoms with Crippen molar-refractivity contribution in [3.8, 4) is 0 Å². The fourth-order valence-electron chi connectivity index (χ4n) is 4.77. The summed E-state index contributed by atoms with van der Waals surface area (Å²) in [4.78, 5) is 10.4. The third-order valence-electron chi connectivity index (χ3n) is 6.21. The zero-order chi connectivity index (χ0) is 16.1. The lowest BCUT2D eigenvalue weighted by Gasteiger charge is -2.36. The number of aryl methyl sites for hydroxylation is 1. The Morgan fingerprint density at radius 3 is 2.88 bits per heavy atom. The average Bonchev–Trinajstić information content (AvgIpc) is 3.33. The first-order valence-corrected chi connectivity index (χ1v) is 9.64. The monoisotopic (exact) mass is 324 g/mol. The van der Waals surface area contributed by atoms with Gasteiger partial charge < -0.3 is 4.40 Å². The molecule has 3 aliphatic heterocycles. The first kappa shape index (κ1) is 14.9. The van der Waals surface area contributed by atoms with Crippen LogP contribution in [-0.4, -0.2) is 51.4 Å². The Morgan fingerprint density at radius 1 is 1.12 bits per heavy atom. The van der Waals surface area contributed by atoms with Gasteiger partial charge in [-0.1, -0.05) is 6.07 Å². The lowest BCUT2D eigenvalue weighted by atomic mass is 9.95. The van der Waals surface area contributed by atoms with Crippen molar-refractivity contribution in [1.29, 1.82) is 0 Å². The van der Waals surface area contributed by atoms with Gasteiger partial charge in [0.2, 0.25) is 0 Å². The van der Waals surface area contributed by atoms with Crippen LogP contribution in [0, 0.1) is 18.8 Å². The maximum Gasteiger partial charge on any atom is 0.139 e. The fourth-order valence-corrected chi connectivity index (χ4v) is 4.77. The van der Waals surface area contributed by atoms with Crippen LogP contribution in [0.5, 0.6) is 0 Å². The highest BCUT2D eigenvalue weighted by Crippen LogP contribution is 2.35. The van der Waals surface area contributed by atoms with Gasteiger partial charge in [0, 0.05) is 51.2 Å². The molecular formula is C20H28N4. The minimum atomic E-state index is 0.781. The van der Waals surface area contributed by atoms with Crippen molar-refractivity contribution >= 4 is 5.65 Å². The van der Waals surface area contributed by atoms with E-state index in [0.29, 0.717) is 0 Å². The number of nitrogens with zero attached hydrogens (tertiary/aromatic N) is 4. The summed E-state index contributed by atoms with van der Waals surface area (Å²) < 4.78 is 2.18. The molecule has 0 amide bonds. The third-order valence-corrected chi connectivity index (χ3v) is 6.21. The van der Waals surface area contributed by atoms with Crippen molar-refractivity contribution in [3.63, 3.8) is 0 Å². The fraction of sp³-hybridized carbons (Fsp3) is 0.650.